The summed E-state index contributed by atoms with van der Waals surface area (Å²) in [5, 5.41) is 6.41. The van der Waals surface area contributed by atoms with Gasteiger partial charge in [-0.1, -0.05) is 18.2 Å². The van der Waals surface area contributed by atoms with Gasteiger partial charge in [0.25, 0.3) is 0 Å². The average Bonchev–Trinajstić information content (AvgIpc) is 2.85. The molecule has 0 saturated carbocycles. The normalized spacial score (nSPS) is 27.8. The van der Waals surface area contributed by atoms with E-state index >= 15 is 0 Å². The fraction of sp³-hybridized carbons (Fsp3) is 0.579. The van der Waals surface area contributed by atoms with Crippen LogP contribution in [-0.2, 0) is 16.0 Å². The number of carbonyl (C=O) groups is 2. The second kappa shape index (κ2) is 7.75. The highest BCUT2D eigenvalue weighted by molar-refractivity contribution is 5.96. The molecule has 1 aromatic carbocycles. The van der Waals surface area contributed by atoms with Crippen LogP contribution >= 0.6 is 12.4 Å². The van der Waals surface area contributed by atoms with Crippen LogP contribution in [0.2, 0.25) is 0 Å². The van der Waals surface area contributed by atoms with Crippen molar-refractivity contribution in [2.24, 2.45) is 5.92 Å². The minimum absolute atomic E-state index is 0. The maximum absolute atomic E-state index is 12.8. The van der Waals surface area contributed by atoms with Crippen LogP contribution in [0.5, 0.6) is 0 Å². The Labute approximate surface area is 154 Å². The Morgan fingerprint density at radius 1 is 1.16 bits per heavy atom. The minimum Gasteiger partial charge on any atom is -0.335 e. The average molecular weight is 364 g/mol. The van der Waals surface area contributed by atoms with Crippen LogP contribution in [0.1, 0.15) is 37.7 Å². The van der Waals surface area contributed by atoms with Gasteiger partial charge in [0.1, 0.15) is 0 Å². The molecule has 2 amide bonds. The molecule has 1 aromatic rings. The van der Waals surface area contributed by atoms with Crippen LogP contribution in [0.25, 0.3) is 0 Å². The molecule has 3 aliphatic rings. The first kappa shape index (κ1) is 18.2. The molecule has 0 spiro atoms. The van der Waals surface area contributed by atoms with Crippen molar-refractivity contribution >= 4 is 29.9 Å². The molecule has 3 heterocycles. The van der Waals surface area contributed by atoms with Crippen molar-refractivity contribution < 1.29 is 9.59 Å². The molecule has 25 heavy (non-hydrogen) atoms. The summed E-state index contributed by atoms with van der Waals surface area (Å²) in [6.07, 6.45) is 5.16. The van der Waals surface area contributed by atoms with Gasteiger partial charge in [-0.2, -0.15) is 0 Å². The Bertz CT molecular complexity index is 637. The maximum Gasteiger partial charge on any atom is 0.227 e. The number of amides is 2. The largest absolute Gasteiger partial charge is 0.335 e. The van der Waals surface area contributed by atoms with Crippen molar-refractivity contribution in [3.8, 4) is 0 Å². The van der Waals surface area contributed by atoms with E-state index in [1.54, 1.807) is 0 Å². The quantitative estimate of drug-likeness (QED) is 0.866. The molecule has 4 rings (SSSR count). The number of rotatable bonds is 3. The van der Waals surface area contributed by atoms with Gasteiger partial charge in [-0.3, -0.25) is 9.59 Å². The number of fused-ring (bicyclic) bond motifs is 3. The summed E-state index contributed by atoms with van der Waals surface area (Å²) in [5.74, 6) is 0.200. The molecular weight excluding hydrogens is 338 g/mol. The van der Waals surface area contributed by atoms with E-state index in [1.807, 2.05) is 18.2 Å². The van der Waals surface area contributed by atoms with Gasteiger partial charge in [0.05, 0.1) is 0 Å². The van der Waals surface area contributed by atoms with Crippen LogP contribution < -0.4 is 10.6 Å². The van der Waals surface area contributed by atoms with Crippen molar-refractivity contribution in [2.45, 2.75) is 50.6 Å². The lowest BCUT2D eigenvalue weighted by Crippen LogP contribution is -2.43. The topological polar surface area (TPSA) is 61.4 Å². The molecule has 3 aliphatic heterocycles. The van der Waals surface area contributed by atoms with Gasteiger partial charge in [-0.15, -0.1) is 12.4 Å². The Balaban J connectivity index is 0.00000182. The smallest absolute Gasteiger partial charge is 0.227 e. The van der Waals surface area contributed by atoms with Crippen molar-refractivity contribution in [1.82, 2.24) is 10.2 Å². The number of para-hydroxylation sites is 1. The number of hydrogen-bond donors (Lipinski definition) is 2. The Kier molecular flexibility index (Phi) is 5.64. The van der Waals surface area contributed by atoms with Gasteiger partial charge in [0.2, 0.25) is 11.8 Å². The molecule has 2 saturated heterocycles. The van der Waals surface area contributed by atoms with Crippen LogP contribution in [0.3, 0.4) is 0 Å². The molecule has 6 heteroatoms. The molecule has 136 valence electrons. The molecule has 0 aromatic heterocycles. The van der Waals surface area contributed by atoms with Crippen LogP contribution in [0.15, 0.2) is 24.3 Å². The van der Waals surface area contributed by atoms with Crippen LogP contribution in [0.4, 0.5) is 5.69 Å². The summed E-state index contributed by atoms with van der Waals surface area (Å²) in [7, 11) is 0. The highest BCUT2D eigenvalue weighted by atomic mass is 35.5. The first-order chi connectivity index (χ1) is 11.7. The van der Waals surface area contributed by atoms with Crippen molar-refractivity contribution in [1.29, 1.82) is 0 Å². The summed E-state index contributed by atoms with van der Waals surface area (Å²) in [4.78, 5) is 27.2. The number of nitrogens with one attached hydrogen (secondary N) is 2. The second-order valence-electron chi connectivity index (χ2n) is 7.26. The lowest BCUT2D eigenvalue weighted by molar-refractivity contribution is -0.134. The van der Waals surface area contributed by atoms with Crippen molar-refractivity contribution in [3.05, 3.63) is 29.8 Å². The third-order valence-electron chi connectivity index (χ3n) is 5.76. The number of anilines is 1. The first-order valence-electron chi connectivity index (χ1n) is 9.13. The minimum atomic E-state index is -0.0911. The van der Waals surface area contributed by atoms with Crippen molar-refractivity contribution in [2.75, 3.05) is 18.4 Å². The Morgan fingerprint density at radius 3 is 2.84 bits per heavy atom. The molecule has 2 bridgehead atoms. The van der Waals surface area contributed by atoms with Gasteiger partial charge in [-0.05, 0) is 50.3 Å². The zero-order valence-corrected chi connectivity index (χ0v) is 15.2. The van der Waals surface area contributed by atoms with Crippen LogP contribution in [0, 0.1) is 5.92 Å². The zero-order chi connectivity index (χ0) is 16.5. The summed E-state index contributed by atoms with van der Waals surface area (Å²) in [6.45, 7) is 1.92. The molecule has 0 radical (unpaired) electrons. The van der Waals surface area contributed by atoms with Gasteiger partial charge in [-0.25, -0.2) is 0 Å². The van der Waals surface area contributed by atoms with Gasteiger partial charge >= 0.3 is 0 Å². The number of carbonyl (C=O) groups excluding carboxylic acids is 2. The number of nitrogens with zero attached hydrogens (tertiary/aromatic N) is 1. The van der Waals surface area contributed by atoms with Gasteiger partial charge in [0.15, 0.2) is 0 Å². The van der Waals surface area contributed by atoms with Gasteiger partial charge in [0, 0.05) is 36.7 Å². The lowest BCUT2D eigenvalue weighted by atomic mass is 9.89. The summed E-state index contributed by atoms with van der Waals surface area (Å²) >= 11 is 0. The number of halogens is 1. The molecule has 3 atom stereocenters. The van der Waals surface area contributed by atoms with E-state index in [2.05, 4.69) is 21.6 Å². The third kappa shape index (κ3) is 3.67. The molecule has 2 N–H and O–H groups in total. The second-order valence-corrected chi connectivity index (χ2v) is 7.26. The van der Waals surface area contributed by atoms with E-state index in [4.69, 9.17) is 0 Å². The summed E-state index contributed by atoms with van der Waals surface area (Å²) in [5.41, 5.74) is 2.09. The van der Waals surface area contributed by atoms with E-state index < -0.39 is 0 Å². The van der Waals surface area contributed by atoms with E-state index in [-0.39, 0.29) is 30.1 Å². The van der Waals surface area contributed by atoms with Gasteiger partial charge < -0.3 is 15.5 Å². The monoisotopic (exact) mass is 363 g/mol. The SMILES string of the molecule is Cl.O=C1Nc2ccccc2CC1CCC(=O)N1C2CCNCC1CC2. The molecule has 0 aliphatic carbocycles. The van der Waals surface area contributed by atoms with E-state index in [0.29, 0.717) is 24.9 Å². The first-order valence-corrected chi connectivity index (χ1v) is 9.13. The van der Waals surface area contributed by atoms with E-state index in [1.165, 1.54) is 5.56 Å². The molecule has 5 nitrogen and oxygen atoms in total. The molecule has 3 unspecified atom stereocenters. The lowest BCUT2D eigenvalue weighted by Gasteiger charge is -2.29. The van der Waals surface area contributed by atoms with Crippen molar-refractivity contribution in [3.63, 3.8) is 0 Å². The highest BCUT2D eigenvalue weighted by Crippen LogP contribution is 2.31. The van der Waals surface area contributed by atoms with Crippen LogP contribution in [-0.4, -0.2) is 41.9 Å². The fourth-order valence-electron chi connectivity index (χ4n) is 4.46. The predicted octanol–water partition coefficient (Wildman–Crippen LogP) is 2.35. The molecular formula is C19H26ClN3O2. The summed E-state index contributed by atoms with van der Waals surface area (Å²) < 4.78 is 0. The standard InChI is InChI=1S/C19H25N3O2.ClH/c23-18(22-15-6-7-16(22)12-20-10-9-15)8-5-14-11-13-3-1-2-4-17(13)21-19(14)24;/h1-4,14-16,20H,5-12H2,(H,21,24);1H. The highest BCUT2D eigenvalue weighted by Gasteiger charge is 2.38. The Morgan fingerprint density at radius 2 is 1.96 bits per heavy atom. The fourth-order valence-corrected chi connectivity index (χ4v) is 4.46. The Hall–Kier alpha value is -1.59. The zero-order valence-electron chi connectivity index (χ0n) is 14.4. The van der Waals surface area contributed by atoms with E-state index in [9.17, 15) is 9.59 Å². The molecule has 2 fully saturated rings. The van der Waals surface area contributed by atoms with E-state index in [0.717, 1.165) is 44.5 Å². The predicted molar refractivity (Wildman–Crippen MR) is 99.9 cm³/mol. The number of hydrogen-bond acceptors (Lipinski definition) is 3. The maximum atomic E-state index is 12.8. The summed E-state index contributed by atoms with van der Waals surface area (Å²) in [6, 6.07) is 8.69. The third-order valence-corrected chi connectivity index (χ3v) is 5.76. The number of benzene rings is 1.